The predicted molar refractivity (Wildman–Crippen MR) is 77.3 cm³/mol. The van der Waals surface area contributed by atoms with E-state index in [0.29, 0.717) is 18.1 Å². The van der Waals surface area contributed by atoms with Gasteiger partial charge in [-0.3, -0.25) is 4.79 Å². The van der Waals surface area contributed by atoms with Gasteiger partial charge in [-0.1, -0.05) is 18.2 Å². The molecule has 2 aromatic heterocycles. The quantitative estimate of drug-likeness (QED) is 0.670. The van der Waals surface area contributed by atoms with E-state index in [-0.39, 0.29) is 12.2 Å². The fraction of sp³-hybridized carbons (Fsp3) is 0.200. The SMILES string of the molecule is CCn1ncnc1CC(=O)c1ccn(-c2ccccc2)n1. The Balaban J connectivity index is 1.79. The highest BCUT2D eigenvalue weighted by Gasteiger charge is 2.14. The van der Waals surface area contributed by atoms with Crippen molar-refractivity contribution in [3.05, 3.63) is 60.4 Å². The molecular formula is C15H15N5O. The van der Waals surface area contributed by atoms with Crippen LogP contribution < -0.4 is 0 Å². The molecule has 0 aliphatic rings. The molecule has 0 saturated heterocycles. The molecule has 6 nitrogen and oxygen atoms in total. The zero-order valence-corrected chi connectivity index (χ0v) is 11.7. The Hall–Kier alpha value is -2.76. The average Bonchev–Trinajstić information content (AvgIpc) is 3.17. The molecule has 106 valence electrons. The van der Waals surface area contributed by atoms with Crippen LogP contribution in [0.1, 0.15) is 23.2 Å². The maximum absolute atomic E-state index is 12.3. The number of carbonyl (C=O) groups excluding carboxylic acids is 1. The van der Waals surface area contributed by atoms with E-state index in [0.717, 1.165) is 5.69 Å². The topological polar surface area (TPSA) is 65.6 Å². The standard InChI is InChI=1S/C15H15N5O/c1-2-19-15(16-11-17-19)10-14(21)13-8-9-20(18-13)12-6-4-3-5-7-12/h3-9,11H,2,10H2,1H3. The fourth-order valence-electron chi connectivity index (χ4n) is 2.12. The molecule has 0 fully saturated rings. The van der Waals surface area contributed by atoms with Gasteiger partial charge in [0, 0.05) is 12.7 Å². The number of carbonyl (C=O) groups is 1. The van der Waals surface area contributed by atoms with Gasteiger partial charge in [0.25, 0.3) is 0 Å². The number of hydrogen-bond donors (Lipinski definition) is 0. The highest BCUT2D eigenvalue weighted by molar-refractivity contribution is 5.95. The first kappa shape index (κ1) is 13.2. The van der Waals surface area contributed by atoms with Gasteiger partial charge in [-0.15, -0.1) is 0 Å². The molecule has 0 spiro atoms. The molecule has 21 heavy (non-hydrogen) atoms. The molecule has 0 bridgehead atoms. The zero-order chi connectivity index (χ0) is 14.7. The number of para-hydroxylation sites is 1. The van der Waals surface area contributed by atoms with E-state index < -0.39 is 0 Å². The van der Waals surface area contributed by atoms with Crippen LogP contribution >= 0.6 is 0 Å². The molecule has 0 aliphatic carbocycles. The van der Waals surface area contributed by atoms with Crippen molar-refractivity contribution in [2.45, 2.75) is 19.9 Å². The Morgan fingerprint density at radius 2 is 2.00 bits per heavy atom. The molecule has 0 radical (unpaired) electrons. The van der Waals surface area contributed by atoms with Gasteiger partial charge in [-0.25, -0.2) is 14.3 Å². The first-order valence-electron chi connectivity index (χ1n) is 6.79. The van der Waals surface area contributed by atoms with Crippen molar-refractivity contribution in [1.29, 1.82) is 0 Å². The lowest BCUT2D eigenvalue weighted by Gasteiger charge is -2.01. The minimum absolute atomic E-state index is 0.0626. The lowest BCUT2D eigenvalue weighted by atomic mass is 10.2. The van der Waals surface area contributed by atoms with Crippen LogP contribution in [0.25, 0.3) is 5.69 Å². The van der Waals surface area contributed by atoms with Crippen LogP contribution in [0.5, 0.6) is 0 Å². The second-order valence-corrected chi connectivity index (χ2v) is 4.57. The van der Waals surface area contributed by atoms with Gasteiger partial charge in [-0.05, 0) is 25.1 Å². The molecule has 6 heteroatoms. The van der Waals surface area contributed by atoms with Crippen molar-refractivity contribution < 1.29 is 4.79 Å². The van der Waals surface area contributed by atoms with E-state index in [1.165, 1.54) is 6.33 Å². The van der Waals surface area contributed by atoms with Crippen LogP contribution in [0.3, 0.4) is 0 Å². The Kier molecular flexibility index (Phi) is 3.59. The summed E-state index contributed by atoms with van der Waals surface area (Å²) in [6.45, 7) is 2.66. The van der Waals surface area contributed by atoms with Crippen molar-refractivity contribution in [3.8, 4) is 5.69 Å². The summed E-state index contributed by atoms with van der Waals surface area (Å²) in [5, 5.41) is 8.39. The molecule has 0 saturated carbocycles. The summed E-state index contributed by atoms with van der Waals surface area (Å²) < 4.78 is 3.41. The Labute approximate surface area is 122 Å². The van der Waals surface area contributed by atoms with Crippen LogP contribution in [0.15, 0.2) is 48.9 Å². The largest absolute Gasteiger partial charge is 0.292 e. The van der Waals surface area contributed by atoms with Crippen molar-refractivity contribution in [2.24, 2.45) is 0 Å². The highest BCUT2D eigenvalue weighted by atomic mass is 16.1. The first-order chi connectivity index (χ1) is 10.3. The molecule has 0 atom stereocenters. The molecule has 2 heterocycles. The van der Waals surface area contributed by atoms with Gasteiger partial charge < -0.3 is 0 Å². The number of nitrogens with zero attached hydrogens (tertiary/aromatic N) is 5. The third-order valence-electron chi connectivity index (χ3n) is 3.21. The summed E-state index contributed by atoms with van der Waals surface area (Å²) in [6, 6.07) is 11.4. The third-order valence-corrected chi connectivity index (χ3v) is 3.21. The molecule has 3 aromatic rings. The van der Waals surface area contributed by atoms with E-state index in [9.17, 15) is 4.79 Å². The maximum atomic E-state index is 12.3. The van der Waals surface area contributed by atoms with Gasteiger partial charge in [0.2, 0.25) is 0 Å². The zero-order valence-electron chi connectivity index (χ0n) is 11.7. The van der Waals surface area contributed by atoms with Crippen LogP contribution in [0, 0.1) is 0 Å². The number of Topliss-reactive ketones (excluding diaryl/α,β-unsaturated/α-hetero) is 1. The number of rotatable bonds is 5. The van der Waals surface area contributed by atoms with Crippen LogP contribution in [-0.4, -0.2) is 30.3 Å². The Morgan fingerprint density at radius 3 is 2.76 bits per heavy atom. The molecule has 0 aliphatic heterocycles. The third kappa shape index (κ3) is 2.74. The fourth-order valence-corrected chi connectivity index (χ4v) is 2.12. The molecule has 0 N–H and O–H groups in total. The maximum Gasteiger partial charge on any atom is 0.190 e. The van der Waals surface area contributed by atoms with Crippen LogP contribution in [-0.2, 0) is 13.0 Å². The molecule has 0 unspecified atom stereocenters. The van der Waals surface area contributed by atoms with Gasteiger partial charge >= 0.3 is 0 Å². The van der Waals surface area contributed by atoms with Crippen molar-refractivity contribution in [2.75, 3.05) is 0 Å². The summed E-state index contributed by atoms with van der Waals surface area (Å²) >= 11 is 0. The van der Waals surface area contributed by atoms with Gasteiger partial charge in [0.05, 0.1) is 12.1 Å². The van der Waals surface area contributed by atoms with E-state index in [2.05, 4.69) is 15.2 Å². The van der Waals surface area contributed by atoms with Crippen LogP contribution in [0.2, 0.25) is 0 Å². The minimum Gasteiger partial charge on any atom is -0.292 e. The number of aryl methyl sites for hydroxylation is 1. The van der Waals surface area contributed by atoms with Crippen molar-refractivity contribution in [1.82, 2.24) is 24.5 Å². The number of benzene rings is 1. The minimum atomic E-state index is -0.0626. The van der Waals surface area contributed by atoms with Gasteiger partial charge in [0.15, 0.2) is 5.78 Å². The Morgan fingerprint density at radius 1 is 1.19 bits per heavy atom. The first-order valence-corrected chi connectivity index (χ1v) is 6.79. The summed E-state index contributed by atoms with van der Waals surface area (Å²) in [4.78, 5) is 16.4. The van der Waals surface area contributed by atoms with Crippen molar-refractivity contribution in [3.63, 3.8) is 0 Å². The lowest BCUT2D eigenvalue weighted by Crippen LogP contribution is -2.11. The second-order valence-electron chi connectivity index (χ2n) is 4.57. The summed E-state index contributed by atoms with van der Waals surface area (Å²) in [5.41, 5.74) is 1.36. The highest BCUT2D eigenvalue weighted by Crippen LogP contribution is 2.09. The monoisotopic (exact) mass is 281 g/mol. The number of ketones is 1. The number of hydrogen-bond acceptors (Lipinski definition) is 4. The summed E-state index contributed by atoms with van der Waals surface area (Å²) in [7, 11) is 0. The lowest BCUT2D eigenvalue weighted by molar-refractivity contribution is 0.0984. The van der Waals surface area contributed by atoms with Gasteiger partial charge in [0.1, 0.15) is 17.8 Å². The molecule has 1 aromatic carbocycles. The van der Waals surface area contributed by atoms with Gasteiger partial charge in [-0.2, -0.15) is 10.2 Å². The van der Waals surface area contributed by atoms with E-state index >= 15 is 0 Å². The molecule has 3 rings (SSSR count). The van der Waals surface area contributed by atoms with Crippen LogP contribution in [0.4, 0.5) is 0 Å². The molecule has 0 amide bonds. The summed E-state index contributed by atoms with van der Waals surface area (Å²) in [5.74, 6) is 0.601. The molecular weight excluding hydrogens is 266 g/mol. The van der Waals surface area contributed by atoms with E-state index in [1.807, 2.05) is 37.3 Å². The average molecular weight is 281 g/mol. The number of aromatic nitrogens is 5. The normalized spacial score (nSPS) is 10.7. The summed E-state index contributed by atoms with van der Waals surface area (Å²) in [6.07, 6.45) is 3.46. The van der Waals surface area contributed by atoms with E-state index in [1.54, 1.807) is 21.6 Å². The Bertz CT molecular complexity index is 744. The predicted octanol–water partition coefficient (Wildman–Crippen LogP) is 1.91. The van der Waals surface area contributed by atoms with E-state index in [4.69, 9.17) is 0 Å². The second kappa shape index (κ2) is 5.70. The smallest absolute Gasteiger partial charge is 0.190 e. The van der Waals surface area contributed by atoms with Crippen molar-refractivity contribution >= 4 is 5.78 Å².